The molecule has 0 saturated heterocycles. The topological polar surface area (TPSA) is 26.0 Å². The van der Waals surface area contributed by atoms with Crippen LogP contribution < -0.4 is 5.73 Å². The number of rotatable bonds is 2. The minimum atomic E-state index is -0.189. The van der Waals surface area contributed by atoms with E-state index in [0.717, 1.165) is 0 Å². The van der Waals surface area contributed by atoms with Crippen LogP contribution in [0.2, 0.25) is 26.2 Å². The third-order valence-electron chi connectivity index (χ3n) is 1.24. The molecule has 2 N–H and O–H groups in total. The maximum atomic E-state index is 5.85. The zero-order chi connectivity index (χ0) is 6.73. The molecule has 0 amide bonds. The van der Waals surface area contributed by atoms with Gasteiger partial charge in [-0.15, -0.1) is 0 Å². The van der Waals surface area contributed by atoms with Crippen molar-refractivity contribution in [2.24, 2.45) is 5.73 Å². The van der Waals surface area contributed by atoms with E-state index in [1.165, 1.54) is 0 Å². The standard InChI is InChI=1S/C5H15NSi2/c1-7(2)5(6)8(3)4/h5H,6H2,1-4H3. The van der Waals surface area contributed by atoms with Crippen molar-refractivity contribution in [3.63, 3.8) is 0 Å². The second-order valence-corrected chi connectivity index (χ2v) is 8.76. The molecule has 0 aliphatic carbocycles. The van der Waals surface area contributed by atoms with Crippen molar-refractivity contribution in [1.82, 2.24) is 0 Å². The zero-order valence-electron chi connectivity index (χ0n) is 6.15. The normalized spacial score (nSPS) is 12.0. The molecular weight excluding hydrogens is 130 g/mol. The summed E-state index contributed by atoms with van der Waals surface area (Å²) >= 11 is 0. The summed E-state index contributed by atoms with van der Waals surface area (Å²) in [6.07, 6.45) is 0. The van der Waals surface area contributed by atoms with Gasteiger partial charge in [0.25, 0.3) is 0 Å². The predicted octanol–water partition coefficient (Wildman–Crippen LogP) is 0.901. The molecule has 2 radical (unpaired) electrons. The molecule has 1 nitrogen and oxygen atoms in total. The summed E-state index contributed by atoms with van der Waals surface area (Å²) in [5.74, 6) is 0. The van der Waals surface area contributed by atoms with Crippen LogP contribution in [-0.2, 0) is 0 Å². The molecule has 8 heavy (non-hydrogen) atoms. The lowest BCUT2D eigenvalue weighted by atomic mass is 11.5. The van der Waals surface area contributed by atoms with E-state index in [1.54, 1.807) is 0 Å². The third kappa shape index (κ3) is 2.64. The molecule has 0 aromatic heterocycles. The van der Waals surface area contributed by atoms with E-state index in [9.17, 15) is 0 Å². The summed E-state index contributed by atoms with van der Waals surface area (Å²) in [4.78, 5) is 0. The highest BCUT2D eigenvalue weighted by molar-refractivity contribution is 6.77. The van der Waals surface area contributed by atoms with Gasteiger partial charge in [0.05, 0.1) is 17.6 Å². The van der Waals surface area contributed by atoms with Crippen LogP contribution >= 0.6 is 0 Å². The van der Waals surface area contributed by atoms with Gasteiger partial charge in [0.1, 0.15) is 0 Å². The van der Waals surface area contributed by atoms with E-state index >= 15 is 0 Å². The van der Waals surface area contributed by atoms with Gasteiger partial charge in [0.2, 0.25) is 0 Å². The molecule has 48 valence electrons. The fourth-order valence-corrected chi connectivity index (χ4v) is 5.20. The van der Waals surface area contributed by atoms with Crippen molar-refractivity contribution in [1.29, 1.82) is 0 Å². The Bertz CT molecular complexity index is 55.4. The lowest BCUT2D eigenvalue weighted by Crippen LogP contribution is -2.44. The number of hydrogen-bond acceptors (Lipinski definition) is 1. The minimum Gasteiger partial charge on any atom is -0.333 e. The molecule has 0 fully saturated rings. The minimum absolute atomic E-state index is 0.189. The Morgan fingerprint density at radius 1 is 1.00 bits per heavy atom. The summed E-state index contributed by atoms with van der Waals surface area (Å²) in [6.45, 7) is 9.14. The maximum absolute atomic E-state index is 5.85. The highest BCUT2D eigenvalue weighted by atomic mass is 28.3. The molecule has 0 aromatic carbocycles. The van der Waals surface area contributed by atoms with E-state index in [-0.39, 0.29) is 17.6 Å². The molecule has 0 aliphatic heterocycles. The van der Waals surface area contributed by atoms with Gasteiger partial charge < -0.3 is 5.73 Å². The Labute approximate surface area is 55.5 Å². The summed E-state index contributed by atoms with van der Waals surface area (Å²) in [6, 6.07) is 0. The van der Waals surface area contributed by atoms with Gasteiger partial charge in [-0.1, -0.05) is 26.2 Å². The number of nitrogens with two attached hydrogens (primary N) is 1. The average molecular weight is 145 g/mol. The second-order valence-electron chi connectivity index (χ2n) is 2.63. The first-order valence-corrected chi connectivity index (χ1v) is 8.07. The Kier molecular flexibility index (Phi) is 3.59. The van der Waals surface area contributed by atoms with Crippen LogP contribution in [0.3, 0.4) is 0 Å². The third-order valence-corrected chi connectivity index (χ3v) is 7.20. The Morgan fingerprint density at radius 3 is 1.25 bits per heavy atom. The second kappa shape index (κ2) is 3.43. The van der Waals surface area contributed by atoms with Crippen LogP contribution in [0.15, 0.2) is 0 Å². The van der Waals surface area contributed by atoms with Gasteiger partial charge in [-0.25, -0.2) is 0 Å². The highest BCUT2D eigenvalue weighted by Crippen LogP contribution is 1.92. The van der Waals surface area contributed by atoms with Crippen LogP contribution in [0.1, 0.15) is 0 Å². The van der Waals surface area contributed by atoms with Crippen LogP contribution in [0.25, 0.3) is 0 Å². The Balaban J connectivity index is 3.46. The van der Waals surface area contributed by atoms with Crippen molar-refractivity contribution in [2.75, 3.05) is 0 Å². The van der Waals surface area contributed by atoms with E-state index in [4.69, 9.17) is 5.73 Å². The number of hydrogen-bond donors (Lipinski definition) is 1. The van der Waals surface area contributed by atoms with Crippen molar-refractivity contribution >= 4 is 17.6 Å². The van der Waals surface area contributed by atoms with Crippen LogP contribution in [-0.4, -0.2) is 22.9 Å². The Hall–Kier alpha value is 0.394. The molecule has 0 aromatic rings. The SMILES string of the molecule is C[Si](C)C(N)[Si](C)C. The summed E-state index contributed by atoms with van der Waals surface area (Å²) in [5.41, 5.74) is 5.85. The van der Waals surface area contributed by atoms with Gasteiger partial charge in [0.15, 0.2) is 0 Å². The highest BCUT2D eigenvalue weighted by Gasteiger charge is 2.13. The summed E-state index contributed by atoms with van der Waals surface area (Å²) in [5, 5.41) is 0.574. The summed E-state index contributed by atoms with van der Waals surface area (Å²) < 4.78 is 0. The average Bonchev–Trinajstić information content (AvgIpc) is 1.64. The fraction of sp³-hybridized carbons (Fsp3) is 1.00. The molecule has 0 atom stereocenters. The fourth-order valence-electron chi connectivity index (χ4n) is 0.577. The predicted molar refractivity (Wildman–Crippen MR) is 42.9 cm³/mol. The van der Waals surface area contributed by atoms with Crippen molar-refractivity contribution in [3.8, 4) is 0 Å². The molecule has 0 spiro atoms. The molecule has 0 heterocycles. The van der Waals surface area contributed by atoms with E-state index in [2.05, 4.69) is 26.2 Å². The van der Waals surface area contributed by atoms with Crippen molar-refractivity contribution in [2.45, 2.75) is 31.5 Å². The van der Waals surface area contributed by atoms with Crippen molar-refractivity contribution < 1.29 is 0 Å². The molecule has 0 bridgehead atoms. The van der Waals surface area contributed by atoms with Gasteiger partial charge in [-0.2, -0.15) is 0 Å². The quantitative estimate of drug-likeness (QED) is 0.574. The first kappa shape index (κ1) is 8.39. The first-order chi connectivity index (χ1) is 3.55. The molecule has 0 aliphatic rings. The van der Waals surface area contributed by atoms with E-state index in [0.29, 0.717) is 5.29 Å². The van der Waals surface area contributed by atoms with Crippen LogP contribution in [0.5, 0.6) is 0 Å². The lowest BCUT2D eigenvalue weighted by molar-refractivity contribution is 1.19. The van der Waals surface area contributed by atoms with Crippen molar-refractivity contribution in [3.05, 3.63) is 0 Å². The van der Waals surface area contributed by atoms with Gasteiger partial charge >= 0.3 is 0 Å². The van der Waals surface area contributed by atoms with Gasteiger partial charge in [-0.3, -0.25) is 0 Å². The molecular formula is C5H15NSi2. The monoisotopic (exact) mass is 145 g/mol. The van der Waals surface area contributed by atoms with E-state index < -0.39 is 0 Å². The first-order valence-electron chi connectivity index (χ1n) is 2.91. The molecule has 0 rings (SSSR count). The summed E-state index contributed by atoms with van der Waals surface area (Å²) in [7, 11) is -0.378. The van der Waals surface area contributed by atoms with Crippen LogP contribution in [0.4, 0.5) is 0 Å². The van der Waals surface area contributed by atoms with Gasteiger partial charge in [-0.05, 0) is 5.29 Å². The largest absolute Gasteiger partial charge is 0.333 e. The Morgan fingerprint density at radius 2 is 1.25 bits per heavy atom. The molecule has 0 unspecified atom stereocenters. The van der Waals surface area contributed by atoms with Crippen LogP contribution in [0, 0.1) is 0 Å². The lowest BCUT2D eigenvalue weighted by Gasteiger charge is -2.15. The molecule has 3 heteroatoms. The smallest absolute Gasteiger partial charge is 0.0578 e. The molecule has 0 saturated carbocycles. The van der Waals surface area contributed by atoms with Gasteiger partial charge in [0, 0.05) is 0 Å². The maximum Gasteiger partial charge on any atom is 0.0578 e. The van der Waals surface area contributed by atoms with E-state index in [1.807, 2.05) is 0 Å². The zero-order valence-corrected chi connectivity index (χ0v) is 8.15.